The smallest absolute Gasteiger partial charge is 0.427 e. The Bertz CT molecular complexity index is 2320. The molecule has 7 rings (SSSR count). The van der Waals surface area contributed by atoms with E-state index in [1.807, 2.05) is 17.9 Å². The zero-order valence-electron chi connectivity index (χ0n) is 37.4. The normalized spacial score (nSPS) is 29.0. The summed E-state index contributed by atoms with van der Waals surface area (Å²) in [5.41, 5.74) is -3.97. The lowest BCUT2D eigenvalue weighted by Crippen LogP contribution is -2.60. The number of carbonyl (C=O) groups is 4. The Kier molecular flexibility index (Phi) is 13.3. The molecule has 16 nitrogen and oxygen atoms in total. The van der Waals surface area contributed by atoms with Crippen molar-refractivity contribution in [3.05, 3.63) is 36.3 Å². The van der Waals surface area contributed by atoms with Crippen LogP contribution in [0.15, 0.2) is 30.5 Å². The van der Waals surface area contributed by atoms with Gasteiger partial charge in [0.1, 0.15) is 23.7 Å². The van der Waals surface area contributed by atoms with Crippen LogP contribution in [0.5, 0.6) is 11.6 Å². The number of aromatic nitrogens is 1. The zero-order chi connectivity index (χ0) is 47.3. The van der Waals surface area contributed by atoms with Crippen molar-refractivity contribution in [1.29, 1.82) is 0 Å². The SMILES string of the molecule is CC[C@@H]1C[C@@H](C)CC/C=C\[C@@H]2C[C@@]2(C(=O)NS(=O)(=O)C2(C)CC2)NC(=O)[C@@H]2C[C@@H](Oc3ncc(N4CCOCC4)c4cc(OC)c(F)cc34)CN2C(=O)[C@H]1NC(=O)OC(C)(C)C(F)(F)F. The molecule has 0 unspecified atom stereocenters. The predicted octanol–water partition coefficient (Wildman–Crippen LogP) is 5.28. The number of sulfonamides is 1. The number of halogens is 4. The molecular formula is C44H58F4N6O10S. The number of alkyl halides is 3. The van der Waals surface area contributed by atoms with E-state index in [2.05, 4.69) is 20.3 Å². The second-order valence-electron chi connectivity index (χ2n) is 18.8. The molecule has 4 fully saturated rings. The zero-order valence-corrected chi connectivity index (χ0v) is 38.2. The van der Waals surface area contributed by atoms with Crippen LogP contribution in [0.4, 0.5) is 28.0 Å². The molecule has 5 aliphatic rings. The van der Waals surface area contributed by atoms with E-state index in [-0.39, 0.29) is 42.3 Å². The number of amides is 4. The summed E-state index contributed by atoms with van der Waals surface area (Å²) in [6.07, 6.45) is 0.0182. The van der Waals surface area contributed by atoms with E-state index >= 15 is 9.18 Å². The Balaban J connectivity index is 1.26. The summed E-state index contributed by atoms with van der Waals surface area (Å²) >= 11 is 0. The number of nitrogens with zero attached hydrogens (tertiary/aromatic N) is 3. The van der Waals surface area contributed by atoms with Crippen molar-refractivity contribution in [1.82, 2.24) is 25.2 Å². The van der Waals surface area contributed by atoms with Crippen LogP contribution in [0, 0.1) is 23.6 Å². The van der Waals surface area contributed by atoms with E-state index in [0.29, 0.717) is 89.7 Å². The van der Waals surface area contributed by atoms with E-state index in [1.54, 1.807) is 19.2 Å². The maximum atomic E-state index is 15.4. The molecule has 0 bridgehead atoms. The molecular weight excluding hydrogens is 881 g/mol. The molecule has 3 N–H and O–H groups in total. The van der Waals surface area contributed by atoms with E-state index in [0.717, 1.165) is 4.90 Å². The van der Waals surface area contributed by atoms with Gasteiger partial charge in [-0.2, -0.15) is 13.2 Å². The van der Waals surface area contributed by atoms with Crippen molar-refractivity contribution in [2.45, 2.75) is 126 Å². The number of anilines is 1. The number of hydrogen-bond acceptors (Lipinski definition) is 12. The first-order valence-electron chi connectivity index (χ1n) is 22.1. The number of methoxy groups -OCH3 is 1. The minimum Gasteiger partial charge on any atom is -0.494 e. The van der Waals surface area contributed by atoms with Gasteiger partial charge in [-0.25, -0.2) is 22.6 Å². The molecule has 1 aromatic carbocycles. The molecule has 21 heteroatoms. The monoisotopic (exact) mass is 938 g/mol. The average molecular weight is 939 g/mol. The van der Waals surface area contributed by atoms with Crippen molar-refractivity contribution < 1.29 is 64.1 Å². The van der Waals surface area contributed by atoms with E-state index in [1.165, 1.54) is 26.2 Å². The lowest BCUT2D eigenvalue weighted by Gasteiger charge is -2.35. The van der Waals surface area contributed by atoms with Gasteiger partial charge in [0.2, 0.25) is 33.3 Å². The second kappa shape index (κ2) is 18.0. The minimum atomic E-state index is -4.95. The van der Waals surface area contributed by atoms with Crippen molar-refractivity contribution >= 4 is 50.3 Å². The number of rotatable bonds is 10. The number of ether oxygens (including phenoxy) is 4. The summed E-state index contributed by atoms with van der Waals surface area (Å²) in [4.78, 5) is 65.0. The van der Waals surface area contributed by atoms with Crippen molar-refractivity contribution in [2.24, 2.45) is 17.8 Å². The maximum Gasteiger partial charge on any atom is 0.427 e. The summed E-state index contributed by atoms with van der Waals surface area (Å²) in [5.74, 6) is -4.67. The highest BCUT2D eigenvalue weighted by Gasteiger charge is 2.63. The number of fused-ring (bicyclic) bond motifs is 3. The molecule has 0 spiro atoms. The third-order valence-corrected chi connectivity index (χ3v) is 15.8. The molecule has 358 valence electrons. The number of hydrogen-bond donors (Lipinski definition) is 3. The first-order chi connectivity index (χ1) is 30.5. The number of carbonyl (C=O) groups excluding carboxylic acids is 4. The van der Waals surface area contributed by atoms with Crippen LogP contribution in [0.2, 0.25) is 0 Å². The molecule has 0 radical (unpaired) electrons. The number of alkyl carbamates (subject to hydrolysis) is 1. The number of nitrogens with one attached hydrogen (secondary N) is 3. The van der Waals surface area contributed by atoms with Gasteiger partial charge in [0.25, 0.3) is 5.91 Å². The Morgan fingerprint density at radius 3 is 2.45 bits per heavy atom. The lowest BCUT2D eigenvalue weighted by atomic mass is 9.85. The molecule has 4 amide bonds. The van der Waals surface area contributed by atoms with Crippen LogP contribution in [-0.2, 0) is 33.9 Å². The largest absolute Gasteiger partial charge is 0.494 e. The van der Waals surface area contributed by atoms with Gasteiger partial charge in [-0.05, 0) is 83.3 Å². The minimum absolute atomic E-state index is 0.0288. The Hall–Kier alpha value is -4.92. The molecule has 1 aromatic heterocycles. The standard InChI is InChI=1S/C44H58F4N6O10S/c1-7-26-18-25(2)10-8-9-11-27-22-43(27,39(57)52-65(59,60)42(5)12-13-42)51-36(55)32-19-28(24-54(32)38(56)35(26)50-40(58)64-41(3,4)44(46,47)48)63-37-30-20-31(45)34(61-6)21-29(30)33(23-49-37)53-14-16-62-17-15-53/h9,11,20-21,23,25-28,32,35H,7-8,10,12-19,22,24H2,1-6H3,(H,50,58)(H,51,55)(H,52,57)/b11-9-/t25-,26+,27+,28+,32-,35-,43+/m0/s1. The first-order valence-corrected chi connectivity index (χ1v) is 23.6. The highest BCUT2D eigenvalue weighted by molar-refractivity contribution is 7.91. The number of benzene rings is 1. The average Bonchev–Trinajstić information content (AvgIpc) is 4.13. The number of morpholine rings is 1. The fourth-order valence-electron chi connectivity index (χ4n) is 8.93. The van der Waals surface area contributed by atoms with Crippen LogP contribution in [0.25, 0.3) is 10.8 Å². The van der Waals surface area contributed by atoms with Gasteiger partial charge in [0.05, 0.1) is 43.5 Å². The van der Waals surface area contributed by atoms with Crippen LogP contribution in [0.1, 0.15) is 86.0 Å². The molecule has 2 saturated heterocycles. The molecule has 65 heavy (non-hydrogen) atoms. The maximum absolute atomic E-state index is 15.4. The summed E-state index contributed by atoms with van der Waals surface area (Å²) in [7, 11) is -2.79. The van der Waals surface area contributed by atoms with Gasteiger partial charge in [0.15, 0.2) is 11.6 Å². The lowest BCUT2D eigenvalue weighted by molar-refractivity contribution is -0.244. The molecule has 4 heterocycles. The van der Waals surface area contributed by atoms with Gasteiger partial charge < -0.3 is 39.4 Å². The third-order valence-electron chi connectivity index (χ3n) is 13.6. The van der Waals surface area contributed by atoms with Gasteiger partial charge in [0, 0.05) is 36.2 Å². The molecule has 7 atom stereocenters. The third kappa shape index (κ3) is 9.81. The quantitative estimate of drug-likeness (QED) is 0.207. The van der Waals surface area contributed by atoms with Crippen LogP contribution < -0.4 is 29.7 Å². The Labute approximate surface area is 375 Å². The number of allylic oxidation sites excluding steroid dienone is 1. The highest BCUT2D eigenvalue weighted by atomic mass is 32.2. The fraction of sp³-hybridized carbons (Fsp3) is 0.659. The Morgan fingerprint density at radius 2 is 1.80 bits per heavy atom. The molecule has 3 aliphatic heterocycles. The van der Waals surface area contributed by atoms with Gasteiger partial charge in [-0.15, -0.1) is 0 Å². The summed E-state index contributed by atoms with van der Waals surface area (Å²) < 4.78 is 107. The van der Waals surface area contributed by atoms with Crippen molar-refractivity contribution in [3.8, 4) is 11.6 Å². The van der Waals surface area contributed by atoms with Crippen molar-refractivity contribution in [3.63, 3.8) is 0 Å². The molecule has 2 aromatic rings. The molecule has 2 saturated carbocycles. The van der Waals surface area contributed by atoms with Crippen LogP contribution in [-0.4, -0.2) is 122 Å². The van der Waals surface area contributed by atoms with Gasteiger partial charge in [-0.3, -0.25) is 19.1 Å². The fourth-order valence-corrected chi connectivity index (χ4v) is 10.2. The topological polar surface area (TPSA) is 195 Å². The van der Waals surface area contributed by atoms with E-state index in [9.17, 15) is 36.0 Å². The Morgan fingerprint density at radius 1 is 1.09 bits per heavy atom. The molecule has 2 aliphatic carbocycles. The summed E-state index contributed by atoms with van der Waals surface area (Å²) in [5, 5.41) is 6.01. The predicted molar refractivity (Wildman–Crippen MR) is 229 cm³/mol. The summed E-state index contributed by atoms with van der Waals surface area (Å²) in [6.45, 7) is 8.25. The number of pyridine rings is 1. The first kappa shape index (κ1) is 48.0. The second-order valence-corrected chi connectivity index (χ2v) is 20.9. The van der Waals surface area contributed by atoms with Gasteiger partial charge in [-0.1, -0.05) is 32.4 Å². The van der Waals surface area contributed by atoms with Gasteiger partial charge >= 0.3 is 12.3 Å². The van der Waals surface area contributed by atoms with E-state index < -0.39 is 91.7 Å². The van der Waals surface area contributed by atoms with Crippen LogP contribution in [0.3, 0.4) is 0 Å². The van der Waals surface area contributed by atoms with Crippen molar-refractivity contribution in [2.75, 3.05) is 44.9 Å². The highest BCUT2D eigenvalue weighted by Crippen LogP contribution is 2.48. The summed E-state index contributed by atoms with van der Waals surface area (Å²) in [6, 6.07) is -0.164. The van der Waals surface area contributed by atoms with E-state index in [4.69, 9.17) is 18.9 Å². The van der Waals surface area contributed by atoms with Crippen LogP contribution >= 0.6 is 0 Å².